The van der Waals surface area contributed by atoms with Crippen molar-refractivity contribution in [3.63, 3.8) is 0 Å². The summed E-state index contributed by atoms with van der Waals surface area (Å²) in [5.74, 6) is -1.08. The number of nitrogens with one attached hydrogen (secondary N) is 4. The lowest BCUT2D eigenvalue weighted by Crippen LogP contribution is -2.51. The first-order valence-corrected chi connectivity index (χ1v) is 7.24. The molecule has 0 bridgehead atoms. The number of carbonyl (C=O) groups is 2. The maximum absolute atomic E-state index is 11.6. The van der Waals surface area contributed by atoms with Crippen LogP contribution in [-0.4, -0.2) is 16.9 Å². The van der Waals surface area contributed by atoms with Crippen LogP contribution in [0.3, 0.4) is 0 Å². The Kier molecular flexibility index (Phi) is 6.13. The van der Waals surface area contributed by atoms with Gasteiger partial charge in [0.05, 0.1) is 12.8 Å². The first-order valence-electron chi connectivity index (χ1n) is 6.83. The maximum Gasteiger partial charge on any atom is 0.327 e. The minimum atomic E-state index is -0.847. The maximum atomic E-state index is 11.6. The molecule has 0 aliphatic heterocycles. The van der Waals surface area contributed by atoms with Crippen molar-refractivity contribution in [1.29, 1.82) is 0 Å². The summed E-state index contributed by atoms with van der Waals surface area (Å²) in [5.41, 5.74) is 5.72. The molecular weight excluding hydrogens is 316 g/mol. The van der Waals surface area contributed by atoms with E-state index in [4.69, 9.17) is 16.6 Å². The molecule has 8 heteroatoms. The Balaban J connectivity index is 1.64. The first-order chi connectivity index (χ1) is 11.1. The van der Waals surface area contributed by atoms with E-state index in [2.05, 4.69) is 21.5 Å². The molecule has 1 aromatic heterocycles. The van der Waals surface area contributed by atoms with E-state index in [9.17, 15) is 9.59 Å². The monoisotopic (exact) mass is 332 g/mol. The van der Waals surface area contributed by atoms with Crippen LogP contribution in [0.2, 0.25) is 0 Å². The lowest BCUT2D eigenvalue weighted by molar-refractivity contribution is -0.139. The van der Waals surface area contributed by atoms with Crippen molar-refractivity contribution in [3.05, 3.63) is 60.1 Å². The Labute approximate surface area is 138 Å². The number of carbonyl (C=O) groups excluding carboxylic acids is 2. The topological polar surface area (TPSA) is 95.4 Å². The molecule has 0 aliphatic rings. The third-order valence-corrected chi connectivity index (χ3v) is 3.04. The fourth-order valence-electron chi connectivity index (χ4n) is 1.65. The molecule has 4 N–H and O–H groups in total. The third-order valence-electron chi connectivity index (χ3n) is 2.79. The van der Waals surface area contributed by atoms with Gasteiger partial charge < -0.3 is 15.1 Å². The van der Waals surface area contributed by atoms with E-state index in [0.29, 0.717) is 12.3 Å². The predicted molar refractivity (Wildman–Crippen MR) is 87.7 cm³/mol. The van der Waals surface area contributed by atoms with Gasteiger partial charge in [-0.25, -0.2) is 0 Å². The van der Waals surface area contributed by atoms with Gasteiger partial charge in [0, 0.05) is 6.54 Å². The summed E-state index contributed by atoms with van der Waals surface area (Å²) in [6.07, 6.45) is 1.49. The van der Waals surface area contributed by atoms with Gasteiger partial charge >= 0.3 is 11.8 Å². The van der Waals surface area contributed by atoms with Gasteiger partial charge in [-0.3, -0.25) is 20.4 Å². The highest BCUT2D eigenvalue weighted by molar-refractivity contribution is 7.80. The molecule has 0 unspecified atom stereocenters. The molecule has 0 radical (unpaired) electrons. The van der Waals surface area contributed by atoms with Crippen LogP contribution in [0.25, 0.3) is 0 Å². The molecule has 1 aromatic carbocycles. The zero-order chi connectivity index (χ0) is 16.5. The number of furan rings is 1. The standard InChI is InChI=1S/C15H16N4O3S/c20-13(16-10-12-7-4-8-22-12)14(21)18-19-15(23)17-9-11-5-2-1-3-6-11/h1-8H,9-10H2,(H,16,20)(H,18,21)(H2,17,19,23). The average Bonchev–Trinajstić information content (AvgIpc) is 3.10. The number of benzene rings is 1. The second-order valence-corrected chi connectivity index (χ2v) is 4.92. The molecule has 2 amide bonds. The largest absolute Gasteiger partial charge is 0.467 e. The van der Waals surface area contributed by atoms with Crippen molar-refractivity contribution in [2.24, 2.45) is 0 Å². The van der Waals surface area contributed by atoms with Gasteiger partial charge in [-0.15, -0.1) is 0 Å². The van der Waals surface area contributed by atoms with Gasteiger partial charge in [-0.05, 0) is 29.9 Å². The van der Waals surface area contributed by atoms with Gasteiger partial charge in [0.2, 0.25) is 0 Å². The lowest BCUT2D eigenvalue weighted by atomic mass is 10.2. The molecule has 0 saturated heterocycles. The number of hydrazine groups is 1. The predicted octanol–water partition coefficient (Wildman–Crippen LogP) is 0.591. The van der Waals surface area contributed by atoms with Crippen molar-refractivity contribution in [2.75, 3.05) is 0 Å². The van der Waals surface area contributed by atoms with E-state index in [1.165, 1.54) is 6.26 Å². The summed E-state index contributed by atoms with van der Waals surface area (Å²) < 4.78 is 5.04. The number of hydrogen-bond donors (Lipinski definition) is 4. The van der Waals surface area contributed by atoms with Crippen LogP contribution in [0.5, 0.6) is 0 Å². The minimum Gasteiger partial charge on any atom is -0.467 e. The number of thiocarbonyl (C=S) groups is 1. The van der Waals surface area contributed by atoms with Crippen molar-refractivity contribution >= 4 is 29.1 Å². The summed E-state index contributed by atoms with van der Waals surface area (Å²) in [4.78, 5) is 23.1. The van der Waals surface area contributed by atoms with Gasteiger partial charge in [-0.1, -0.05) is 30.3 Å². The Morgan fingerprint density at radius 3 is 2.39 bits per heavy atom. The van der Waals surface area contributed by atoms with E-state index in [1.807, 2.05) is 30.3 Å². The zero-order valence-corrected chi connectivity index (χ0v) is 13.0. The van der Waals surface area contributed by atoms with Crippen LogP contribution in [-0.2, 0) is 22.7 Å². The highest BCUT2D eigenvalue weighted by Crippen LogP contribution is 1.98. The second kappa shape index (κ2) is 8.54. The molecule has 2 rings (SSSR count). The summed E-state index contributed by atoms with van der Waals surface area (Å²) in [7, 11) is 0. The molecule has 120 valence electrons. The summed E-state index contributed by atoms with van der Waals surface area (Å²) in [6.45, 7) is 0.642. The first kappa shape index (κ1) is 16.5. The van der Waals surface area contributed by atoms with Crippen LogP contribution >= 0.6 is 12.2 Å². The smallest absolute Gasteiger partial charge is 0.327 e. The van der Waals surface area contributed by atoms with E-state index in [0.717, 1.165) is 5.56 Å². The highest BCUT2D eigenvalue weighted by Gasteiger charge is 2.13. The molecule has 0 aliphatic carbocycles. The average molecular weight is 332 g/mol. The molecular formula is C15H16N4O3S. The van der Waals surface area contributed by atoms with Gasteiger partial charge in [-0.2, -0.15) is 0 Å². The molecule has 1 heterocycles. The molecule has 0 spiro atoms. The van der Waals surface area contributed by atoms with Crippen molar-refractivity contribution in [2.45, 2.75) is 13.1 Å². The highest BCUT2D eigenvalue weighted by atomic mass is 32.1. The summed E-state index contributed by atoms with van der Waals surface area (Å²) >= 11 is 5.00. The van der Waals surface area contributed by atoms with Gasteiger partial charge in [0.25, 0.3) is 0 Å². The lowest BCUT2D eigenvalue weighted by Gasteiger charge is -2.11. The third kappa shape index (κ3) is 5.79. The summed E-state index contributed by atoms with van der Waals surface area (Å²) in [6, 6.07) is 13.0. The van der Waals surface area contributed by atoms with Crippen molar-refractivity contribution in [3.8, 4) is 0 Å². The van der Waals surface area contributed by atoms with Crippen molar-refractivity contribution < 1.29 is 14.0 Å². The van der Waals surface area contributed by atoms with Crippen molar-refractivity contribution in [1.82, 2.24) is 21.5 Å². The van der Waals surface area contributed by atoms with Crippen LogP contribution < -0.4 is 21.5 Å². The zero-order valence-electron chi connectivity index (χ0n) is 12.2. The second-order valence-electron chi connectivity index (χ2n) is 4.51. The molecule has 23 heavy (non-hydrogen) atoms. The van der Waals surface area contributed by atoms with Crippen LogP contribution in [0.4, 0.5) is 0 Å². The van der Waals surface area contributed by atoms with Gasteiger partial charge in [0.15, 0.2) is 5.11 Å². The molecule has 0 atom stereocenters. The number of amides is 2. The Hall–Kier alpha value is -2.87. The minimum absolute atomic E-state index is 0.135. The van der Waals surface area contributed by atoms with Crippen LogP contribution in [0.1, 0.15) is 11.3 Å². The SMILES string of the molecule is O=C(NCc1ccco1)C(=O)NNC(=S)NCc1ccccc1. The fraction of sp³-hybridized carbons (Fsp3) is 0.133. The van der Waals surface area contributed by atoms with Crippen LogP contribution in [0.15, 0.2) is 53.1 Å². The molecule has 2 aromatic rings. The van der Waals surface area contributed by atoms with E-state index in [1.54, 1.807) is 12.1 Å². The van der Waals surface area contributed by atoms with Gasteiger partial charge in [0.1, 0.15) is 5.76 Å². The van der Waals surface area contributed by atoms with E-state index >= 15 is 0 Å². The summed E-state index contributed by atoms with van der Waals surface area (Å²) in [5, 5.41) is 5.53. The normalized spacial score (nSPS) is 9.74. The Morgan fingerprint density at radius 2 is 1.70 bits per heavy atom. The van der Waals surface area contributed by atoms with E-state index < -0.39 is 11.8 Å². The molecule has 0 saturated carbocycles. The number of hydrogen-bond acceptors (Lipinski definition) is 4. The van der Waals surface area contributed by atoms with Crippen LogP contribution in [0, 0.1) is 0 Å². The molecule has 7 nitrogen and oxygen atoms in total. The number of rotatable bonds is 4. The molecule has 0 fully saturated rings. The Bertz CT molecular complexity index is 659. The van der Waals surface area contributed by atoms with E-state index in [-0.39, 0.29) is 11.7 Å². The fourth-order valence-corrected chi connectivity index (χ4v) is 1.78. The quantitative estimate of drug-likeness (QED) is 0.372. The Morgan fingerprint density at radius 1 is 0.913 bits per heavy atom.